The van der Waals surface area contributed by atoms with E-state index in [1.165, 1.54) is 23.5 Å². The molecule has 0 fully saturated rings. The number of aromatic nitrogens is 2. The van der Waals surface area contributed by atoms with Crippen LogP contribution in [-0.2, 0) is 9.84 Å². The van der Waals surface area contributed by atoms with E-state index in [0.717, 1.165) is 16.2 Å². The van der Waals surface area contributed by atoms with Crippen molar-refractivity contribution in [1.82, 2.24) is 10.2 Å². The lowest BCUT2D eigenvalue weighted by Crippen LogP contribution is -2.16. The van der Waals surface area contributed by atoms with Crippen LogP contribution in [0.25, 0.3) is 10.1 Å². The summed E-state index contributed by atoms with van der Waals surface area (Å²) >= 11 is 1.48. The maximum absolute atomic E-state index is 12.8. The highest BCUT2D eigenvalue weighted by atomic mass is 32.2. The van der Waals surface area contributed by atoms with E-state index in [4.69, 9.17) is 0 Å². The van der Waals surface area contributed by atoms with Crippen LogP contribution in [0, 0.1) is 0 Å². The van der Waals surface area contributed by atoms with E-state index in [9.17, 15) is 13.2 Å². The molecule has 0 spiro atoms. The van der Waals surface area contributed by atoms with E-state index in [1.54, 1.807) is 0 Å². The Labute approximate surface area is 130 Å². The Bertz CT molecular complexity index is 982. The Morgan fingerprint density at radius 2 is 2.00 bits per heavy atom. The van der Waals surface area contributed by atoms with E-state index in [1.807, 2.05) is 29.6 Å². The molecular weight excluding hydrogens is 320 g/mol. The number of fused-ring (bicyclic) bond motifs is 1. The Morgan fingerprint density at radius 1 is 1.23 bits per heavy atom. The summed E-state index contributed by atoms with van der Waals surface area (Å²) in [5.41, 5.74) is 0.221. The Kier molecular flexibility index (Phi) is 3.67. The summed E-state index contributed by atoms with van der Waals surface area (Å²) in [4.78, 5) is 11.1. The molecule has 3 aromatic rings. The summed E-state index contributed by atoms with van der Waals surface area (Å²) in [7, 11) is -3.77. The van der Waals surface area contributed by atoms with Gasteiger partial charge in [0.2, 0.25) is 9.84 Å². The van der Waals surface area contributed by atoms with Crippen LogP contribution in [0.5, 0.6) is 0 Å². The molecule has 112 valence electrons. The lowest BCUT2D eigenvalue weighted by atomic mass is 10.1. The summed E-state index contributed by atoms with van der Waals surface area (Å²) in [5.74, 6) is 0. The fourth-order valence-corrected chi connectivity index (χ4v) is 4.82. The van der Waals surface area contributed by atoms with E-state index in [-0.39, 0.29) is 5.03 Å². The number of aromatic amines is 1. The summed E-state index contributed by atoms with van der Waals surface area (Å²) in [6.07, 6.45) is 1.39. The first-order chi connectivity index (χ1) is 10.5. The van der Waals surface area contributed by atoms with E-state index in [0.29, 0.717) is 5.56 Å². The Hall–Kier alpha value is -2.25. The Balaban J connectivity index is 2.16. The van der Waals surface area contributed by atoms with Crippen molar-refractivity contribution in [3.63, 3.8) is 0 Å². The third kappa shape index (κ3) is 2.38. The molecule has 0 saturated heterocycles. The molecule has 7 heteroatoms. The van der Waals surface area contributed by atoms with Gasteiger partial charge in [-0.25, -0.2) is 13.5 Å². The zero-order chi connectivity index (χ0) is 15.7. The van der Waals surface area contributed by atoms with Crippen LogP contribution < -0.4 is 5.56 Å². The first-order valence-corrected chi connectivity index (χ1v) is 8.85. The van der Waals surface area contributed by atoms with Crippen molar-refractivity contribution in [1.29, 1.82) is 0 Å². The molecule has 0 aliphatic heterocycles. The van der Waals surface area contributed by atoms with Crippen molar-refractivity contribution in [3.05, 3.63) is 70.4 Å². The highest BCUT2D eigenvalue weighted by molar-refractivity contribution is 7.91. The van der Waals surface area contributed by atoms with Crippen molar-refractivity contribution >= 4 is 31.3 Å². The smallest absolute Gasteiger partial charge is 0.264 e. The molecule has 1 aromatic carbocycles. The van der Waals surface area contributed by atoms with Crippen LogP contribution in [0.1, 0.15) is 10.8 Å². The molecule has 5 nitrogen and oxygen atoms in total. The first-order valence-electron chi connectivity index (χ1n) is 6.42. The van der Waals surface area contributed by atoms with Crippen LogP contribution in [0.4, 0.5) is 0 Å². The topological polar surface area (TPSA) is 79.9 Å². The van der Waals surface area contributed by atoms with E-state index >= 15 is 0 Å². The zero-order valence-electron chi connectivity index (χ0n) is 11.4. The van der Waals surface area contributed by atoms with Crippen molar-refractivity contribution in [2.75, 3.05) is 0 Å². The molecule has 1 unspecified atom stereocenters. The minimum absolute atomic E-state index is 0.174. The van der Waals surface area contributed by atoms with Crippen LogP contribution in [0.2, 0.25) is 0 Å². The number of benzene rings is 1. The molecule has 1 N–H and O–H groups in total. The van der Waals surface area contributed by atoms with Crippen LogP contribution >= 0.6 is 11.3 Å². The molecule has 0 aliphatic carbocycles. The number of hydrogen-bond donors (Lipinski definition) is 1. The van der Waals surface area contributed by atoms with Gasteiger partial charge in [0.15, 0.2) is 5.03 Å². The highest BCUT2D eigenvalue weighted by Crippen LogP contribution is 2.36. The van der Waals surface area contributed by atoms with Gasteiger partial charge in [-0.05, 0) is 28.5 Å². The quantitative estimate of drug-likeness (QED) is 0.745. The minimum atomic E-state index is -3.77. The Morgan fingerprint density at radius 3 is 2.68 bits per heavy atom. The number of thiophene rings is 1. The molecule has 0 radical (unpaired) electrons. The van der Waals surface area contributed by atoms with Gasteiger partial charge in [-0.2, -0.15) is 5.10 Å². The van der Waals surface area contributed by atoms with E-state index < -0.39 is 20.6 Å². The largest absolute Gasteiger partial charge is 0.268 e. The fourth-order valence-electron chi connectivity index (χ4n) is 2.26. The lowest BCUT2D eigenvalue weighted by Gasteiger charge is -2.12. The molecule has 2 aromatic heterocycles. The van der Waals surface area contributed by atoms with Gasteiger partial charge < -0.3 is 0 Å². The number of rotatable bonds is 4. The van der Waals surface area contributed by atoms with Gasteiger partial charge >= 0.3 is 0 Å². The second kappa shape index (κ2) is 5.51. The van der Waals surface area contributed by atoms with Gasteiger partial charge in [-0.1, -0.05) is 24.3 Å². The molecule has 0 saturated carbocycles. The summed E-state index contributed by atoms with van der Waals surface area (Å²) in [5, 5.41) is 7.40. The van der Waals surface area contributed by atoms with Crippen molar-refractivity contribution in [2.24, 2.45) is 0 Å². The number of nitrogens with zero attached hydrogens (tertiary/aromatic N) is 1. The minimum Gasteiger partial charge on any atom is -0.268 e. The SMILES string of the molecule is C=CC(c1csc2ccccc12)S(=O)(=O)c1ccc(=O)[nH]n1. The van der Waals surface area contributed by atoms with Crippen LogP contribution in [0.3, 0.4) is 0 Å². The van der Waals surface area contributed by atoms with Crippen LogP contribution in [0.15, 0.2) is 64.3 Å². The third-order valence-corrected chi connectivity index (χ3v) is 6.22. The van der Waals surface area contributed by atoms with Crippen LogP contribution in [-0.4, -0.2) is 18.6 Å². The van der Waals surface area contributed by atoms with E-state index in [2.05, 4.69) is 16.8 Å². The van der Waals surface area contributed by atoms with Gasteiger partial charge in [-0.15, -0.1) is 17.9 Å². The highest BCUT2D eigenvalue weighted by Gasteiger charge is 2.30. The summed E-state index contributed by atoms with van der Waals surface area (Å²) in [6, 6.07) is 9.94. The van der Waals surface area contributed by atoms with Crippen molar-refractivity contribution < 1.29 is 8.42 Å². The first kappa shape index (κ1) is 14.7. The third-order valence-electron chi connectivity index (χ3n) is 3.31. The number of hydrogen-bond acceptors (Lipinski definition) is 5. The monoisotopic (exact) mass is 332 g/mol. The number of nitrogens with one attached hydrogen (secondary N) is 1. The molecule has 1 atom stereocenters. The number of sulfone groups is 1. The number of H-pyrrole nitrogens is 1. The lowest BCUT2D eigenvalue weighted by molar-refractivity contribution is 0.584. The molecule has 0 aliphatic rings. The van der Waals surface area contributed by atoms with Gasteiger partial charge in [0.25, 0.3) is 5.56 Å². The molecule has 22 heavy (non-hydrogen) atoms. The molecule has 0 bridgehead atoms. The molecule has 2 heterocycles. The maximum atomic E-state index is 12.8. The van der Waals surface area contributed by atoms with Gasteiger partial charge in [0, 0.05) is 10.8 Å². The van der Waals surface area contributed by atoms with Gasteiger partial charge in [0.05, 0.1) is 0 Å². The van der Waals surface area contributed by atoms with Crippen molar-refractivity contribution in [3.8, 4) is 0 Å². The summed E-state index contributed by atoms with van der Waals surface area (Å²) < 4.78 is 26.5. The molecule has 3 rings (SSSR count). The average Bonchev–Trinajstić information content (AvgIpc) is 2.92. The maximum Gasteiger partial charge on any atom is 0.264 e. The van der Waals surface area contributed by atoms with Gasteiger partial charge in [0.1, 0.15) is 5.25 Å². The van der Waals surface area contributed by atoms with Crippen molar-refractivity contribution in [2.45, 2.75) is 10.3 Å². The predicted molar refractivity (Wildman–Crippen MR) is 86.8 cm³/mol. The summed E-state index contributed by atoms with van der Waals surface area (Å²) in [6.45, 7) is 3.66. The molecule has 0 amide bonds. The second-order valence-corrected chi connectivity index (χ2v) is 7.58. The fraction of sp³-hybridized carbons (Fsp3) is 0.0667. The standard InChI is InChI=1S/C15H12N2O3S2/c1-2-13(11-9-21-12-6-4-3-5-10(11)12)22(19,20)15-8-7-14(18)16-17-15/h2-9,13H,1H2,(H,16,18). The predicted octanol–water partition coefficient (Wildman–Crippen LogP) is 2.69. The molecular formula is C15H12N2O3S2. The average molecular weight is 332 g/mol. The normalized spacial score (nSPS) is 13.1. The second-order valence-electron chi connectivity index (χ2n) is 4.65. The van der Waals surface area contributed by atoms with Gasteiger partial charge in [-0.3, -0.25) is 4.79 Å². The zero-order valence-corrected chi connectivity index (χ0v) is 13.0.